The molecule has 0 saturated heterocycles. The van der Waals surface area contributed by atoms with Crippen molar-refractivity contribution < 1.29 is 4.79 Å². The molecule has 2 saturated carbocycles. The van der Waals surface area contributed by atoms with E-state index in [0.29, 0.717) is 11.0 Å². The molecule has 1 amide bonds. The lowest BCUT2D eigenvalue weighted by atomic mass is 9.84. The Morgan fingerprint density at radius 2 is 1.53 bits per heavy atom. The van der Waals surface area contributed by atoms with E-state index in [1.807, 2.05) is 0 Å². The molecule has 2 aliphatic carbocycles. The highest BCUT2D eigenvalue weighted by molar-refractivity contribution is 7.80. The van der Waals surface area contributed by atoms with Gasteiger partial charge in [-0.05, 0) is 25.7 Å². The zero-order valence-electron chi connectivity index (χ0n) is 11.7. The van der Waals surface area contributed by atoms with Crippen LogP contribution in [0.15, 0.2) is 0 Å². The van der Waals surface area contributed by atoms with Crippen LogP contribution in [0.5, 0.6) is 0 Å². The molecule has 0 bridgehead atoms. The summed E-state index contributed by atoms with van der Waals surface area (Å²) < 4.78 is 0. The van der Waals surface area contributed by atoms with E-state index in [4.69, 9.17) is 18.0 Å². The van der Waals surface area contributed by atoms with Crippen molar-refractivity contribution in [1.29, 1.82) is 0 Å². The molecule has 3 N–H and O–H groups in total. The smallest absolute Gasteiger partial charge is 0.233 e. The van der Waals surface area contributed by atoms with Crippen LogP contribution in [0.25, 0.3) is 0 Å². The van der Waals surface area contributed by atoms with Crippen LogP contribution in [0, 0.1) is 5.41 Å². The third-order valence-corrected chi connectivity index (χ3v) is 5.19. The molecule has 0 aromatic carbocycles. The number of carbonyl (C=O) groups is 1. The van der Waals surface area contributed by atoms with E-state index >= 15 is 0 Å². The highest BCUT2D eigenvalue weighted by atomic mass is 32.1. The van der Waals surface area contributed by atoms with Gasteiger partial charge >= 0.3 is 0 Å². The number of nitrogens with one attached hydrogen (secondary N) is 1. The summed E-state index contributed by atoms with van der Waals surface area (Å²) in [6, 6.07) is 0.333. The fraction of sp³-hybridized carbons (Fsp3) is 0.867. The molecule has 19 heavy (non-hydrogen) atoms. The van der Waals surface area contributed by atoms with E-state index in [1.165, 1.54) is 32.1 Å². The van der Waals surface area contributed by atoms with Crippen molar-refractivity contribution in [1.82, 2.24) is 5.32 Å². The molecular weight excluding hydrogens is 256 g/mol. The number of rotatable bonds is 3. The van der Waals surface area contributed by atoms with Crippen LogP contribution in [0.3, 0.4) is 0 Å². The molecular formula is C15H26N2OS. The standard InChI is InChI=1S/C15H26N2OS/c16-13(19)15(10-6-7-11-15)14(18)17-12-8-4-2-1-3-5-9-12/h12H,1-11H2,(H2,16,19)(H,17,18). The topological polar surface area (TPSA) is 55.1 Å². The summed E-state index contributed by atoms with van der Waals surface area (Å²) in [5.41, 5.74) is 5.32. The van der Waals surface area contributed by atoms with Crippen LogP contribution in [0.1, 0.15) is 70.6 Å². The van der Waals surface area contributed by atoms with Gasteiger partial charge in [0.2, 0.25) is 5.91 Å². The van der Waals surface area contributed by atoms with Crippen molar-refractivity contribution in [3.05, 3.63) is 0 Å². The first kappa shape index (κ1) is 14.8. The Morgan fingerprint density at radius 3 is 2.05 bits per heavy atom. The quantitative estimate of drug-likeness (QED) is 0.782. The molecule has 0 aliphatic heterocycles. The Morgan fingerprint density at radius 1 is 1.00 bits per heavy atom. The summed E-state index contributed by atoms with van der Waals surface area (Å²) in [5, 5.41) is 3.24. The van der Waals surface area contributed by atoms with E-state index < -0.39 is 5.41 Å². The average molecular weight is 282 g/mol. The van der Waals surface area contributed by atoms with Gasteiger partial charge in [0.25, 0.3) is 0 Å². The van der Waals surface area contributed by atoms with Crippen LogP contribution in [0.4, 0.5) is 0 Å². The van der Waals surface area contributed by atoms with Crippen LogP contribution < -0.4 is 11.1 Å². The van der Waals surface area contributed by atoms with E-state index in [9.17, 15) is 4.79 Å². The minimum Gasteiger partial charge on any atom is -0.392 e. The Balaban J connectivity index is 1.96. The Hall–Kier alpha value is -0.640. The van der Waals surface area contributed by atoms with E-state index in [1.54, 1.807) is 0 Å². The van der Waals surface area contributed by atoms with Gasteiger partial charge in [-0.25, -0.2) is 0 Å². The second-order valence-electron chi connectivity index (χ2n) is 6.17. The third-order valence-electron chi connectivity index (χ3n) is 4.80. The van der Waals surface area contributed by atoms with Gasteiger partial charge in [-0.2, -0.15) is 0 Å². The van der Waals surface area contributed by atoms with E-state index in [-0.39, 0.29) is 5.91 Å². The van der Waals surface area contributed by atoms with Crippen molar-refractivity contribution >= 4 is 23.1 Å². The molecule has 2 rings (SSSR count). The first-order chi connectivity index (χ1) is 9.15. The minimum atomic E-state index is -0.544. The van der Waals surface area contributed by atoms with Gasteiger partial charge in [-0.1, -0.05) is 57.2 Å². The highest BCUT2D eigenvalue weighted by Gasteiger charge is 2.44. The number of amides is 1. The molecule has 2 fully saturated rings. The SMILES string of the molecule is NC(=S)C1(C(=O)NC2CCCCCCC2)CCCC1. The van der Waals surface area contributed by atoms with Gasteiger partial charge in [0.15, 0.2) is 0 Å². The van der Waals surface area contributed by atoms with Gasteiger partial charge in [0, 0.05) is 6.04 Å². The molecule has 0 aromatic heterocycles. The predicted molar refractivity (Wildman–Crippen MR) is 81.9 cm³/mol. The fourth-order valence-corrected chi connectivity index (χ4v) is 3.78. The molecule has 4 heteroatoms. The summed E-state index contributed by atoms with van der Waals surface area (Å²) in [6.45, 7) is 0. The Labute approximate surface area is 121 Å². The number of thiocarbonyl (C=S) groups is 1. The lowest BCUT2D eigenvalue weighted by molar-refractivity contribution is -0.128. The first-order valence-electron chi connectivity index (χ1n) is 7.76. The molecule has 2 aliphatic rings. The molecule has 0 radical (unpaired) electrons. The summed E-state index contributed by atoms with van der Waals surface area (Å²) >= 11 is 5.18. The van der Waals surface area contributed by atoms with E-state index in [0.717, 1.165) is 38.5 Å². The molecule has 0 unspecified atom stereocenters. The van der Waals surface area contributed by atoms with Crippen molar-refractivity contribution in [3.8, 4) is 0 Å². The van der Waals surface area contributed by atoms with Crippen LogP contribution in [0.2, 0.25) is 0 Å². The van der Waals surface area contributed by atoms with E-state index in [2.05, 4.69) is 5.32 Å². The second kappa shape index (κ2) is 6.69. The molecule has 0 aromatic rings. The van der Waals surface area contributed by atoms with Gasteiger partial charge in [0.1, 0.15) is 0 Å². The second-order valence-corrected chi connectivity index (χ2v) is 6.61. The van der Waals surface area contributed by atoms with Gasteiger partial charge in [-0.15, -0.1) is 0 Å². The van der Waals surface area contributed by atoms with Crippen molar-refractivity contribution in [3.63, 3.8) is 0 Å². The first-order valence-corrected chi connectivity index (χ1v) is 8.17. The van der Waals surface area contributed by atoms with Crippen LogP contribution in [-0.2, 0) is 4.79 Å². The molecule has 0 atom stereocenters. The lowest BCUT2D eigenvalue weighted by Gasteiger charge is -2.30. The number of nitrogens with two attached hydrogens (primary N) is 1. The summed E-state index contributed by atoms with van der Waals surface area (Å²) in [5.74, 6) is 0.100. The van der Waals surface area contributed by atoms with Gasteiger partial charge < -0.3 is 11.1 Å². The molecule has 3 nitrogen and oxygen atoms in total. The largest absolute Gasteiger partial charge is 0.392 e. The maximum absolute atomic E-state index is 12.6. The summed E-state index contributed by atoms with van der Waals surface area (Å²) in [6.07, 6.45) is 12.4. The van der Waals surface area contributed by atoms with Gasteiger partial charge in [-0.3, -0.25) is 4.79 Å². The molecule has 108 valence electrons. The summed E-state index contributed by atoms with van der Waals surface area (Å²) in [7, 11) is 0. The van der Waals surface area contributed by atoms with Crippen LogP contribution >= 0.6 is 12.2 Å². The minimum absolute atomic E-state index is 0.100. The fourth-order valence-electron chi connectivity index (χ4n) is 3.49. The van der Waals surface area contributed by atoms with Crippen LogP contribution in [-0.4, -0.2) is 16.9 Å². The zero-order chi connectivity index (χ0) is 13.7. The highest BCUT2D eigenvalue weighted by Crippen LogP contribution is 2.39. The number of carbonyl (C=O) groups excluding carboxylic acids is 1. The van der Waals surface area contributed by atoms with Crippen molar-refractivity contribution in [2.75, 3.05) is 0 Å². The number of hydrogen-bond donors (Lipinski definition) is 2. The van der Waals surface area contributed by atoms with Crippen molar-refractivity contribution in [2.45, 2.75) is 76.7 Å². The summed E-state index contributed by atoms with van der Waals surface area (Å²) in [4.78, 5) is 13.0. The maximum atomic E-state index is 12.6. The normalized spacial score (nSPS) is 24.4. The lowest BCUT2D eigenvalue weighted by Crippen LogP contribution is -2.50. The Bertz CT molecular complexity index is 329. The maximum Gasteiger partial charge on any atom is 0.233 e. The van der Waals surface area contributed by atoms with Crippen molar-refractivity contribution in [2.24, 2.45) is 11.1 Å². The zero-order valence-corrected chi connectivity index (χ0v) is 12.6. The molecule has 0 heterocycles. The third kappa shape index (κ3) is 3.47. The van der Waals surface area contributed by atoms with Gasteiger partial charge in [0.05, 0.1) is 10.4 Å². The molecule has 0 spiro atoms. The Kier molecular flexibility index (Phi) is 5.20. The predicted octanol–water partition coefficient (Wildman–Crippen LogP) is 3.06. The monoisotopic (exact) mass is 282 g/mol. The average Bonchev–Trinajstić information content (AvgIpc) is 2.82. The number of hydrogen-bond acceptors (Lipinski definition) is 2.